The number of ether oxygens (including phenoxy) is 2. The first-order chi connectivity index (χ1) is 9.61. The van der Waals surface area contributed by atoms with Gasteiger partial charge in [0.1, 0.15) is 6.10 Å². The van der Waals surface area contributed by atoms with Crippen molar-refractivity contribution in [2.24, 2.45) is 17.8 Å². The normalized spacial score (nSPS) is 32.7. The summed E-state index contributed by atoms with van der Waals surface area (Å²) in [6, 6.07) is 0. The number of carbonyl (C=O) groups is 2. The van der Waals surface area contributed by atoms with Gasteiger partial charge in [0.15, 0.2) is 0 Å². The molecule has 110 valence electrons. The van der Waals surface area contributed by atoms with Crippen molar-refractivity contribution < 1.29 is 19.1 Å². The van der Waals surface area contributed by atoms with E-state index in [9.17, 15) is 9.59 Å². The molecule has 0 aromatic heterocycles. The molecule has 0 amide bonds. The van der Waals surface area contributed by atoms with Crippen LogP contribution in [0, 0.1) is 17.8 Å². The summed E-state index contributed by atoms with van der Waals surface area (Å²) in [7, 11) is 1.39. The lowest BCUT2D eigenvalue weighted by molar-refractivity contribution is -0.154. The van der Waals surface area contributed by atoms with Gasteiger partial charge in [0.05, 0.1) is 18.9 Å². The Balaban J connectivity index is 1.87. The zero-order valence-electron chi connectivity index (χ0n) is 12.1. The molecule has 0 saturated heterocycles. The van der Waals surface area contributed by atoms with E-state index in [1.54, 1.807) is 6.08 Å². The quantitative estimate of drug-likeness (QED) is 0.588. The third kappa shape index (κ3) is 3.50. The van der Waals surface area contributed by atoms with Crippen LogP contribution in [0.2, 0.25) is 0 Å². The van der Waals surface area contributed by atoms with Crippen LogP contribution in [0.1, 0.15) is 32.6 Å². The predicted molar refractivity (Wildman–Crippen MR) is 74.8 cm³/mol. The number of allylic oxidation sites excluding steroid dienone is 2. The molecule has 4 heteroatoms. The lowest BCUT2D eigenvalue weighted by atomic mass is 9.85. The van der Waals surface area contributed by atoms with E-state index in [0.717, 1.165) is 12.8 Å². The number of carbonyl (C=O) groups excluding carboxylic acids is 2. The molecule has 0 aromatic carbocycles. The van der Waals surface area contributed by atoms with E-state index in [4.69, 9.17) is 9.47 Å². The summed E-state index contributed by atoms with van der Waals surface area (Å²) >= 11 is 0. The van der Waals surface area contributed by atoms with Gasteiger partial charge in [-0.05, 0) is 37.7 Å². The highest BCUT2D eigenvalue weighted by Gasteiger charge is 2.30. The van der Waals surface area contributed by atoms with Crippen molar-refractivity contribution in [1.29, 1.82) is 0 Å². The molecule has 0 fully saturated rings. The van der Waals surface area contributed by atoms with Gasteiger partial charge >= 0.3 is 11.9 Å². The fourth-order valence-corrected chi connectivity index (χ4v) is 2.79. The van der Waals surface area contributed by atoms with Crippen LogP contribution >= 0.6 is 0 Å². The second-order valence-corrected chi connectivity index (χ2v) is 5.54. The summed E-state index contributed by atoms with van der Waals surface area (Å²) in [5, 5.41) is 0. The SMILES string of the molecule is COC(=O)C1C=CC(OC(=O)C2CCC=CC2C)CC1. The second kappa shape index (κ2) is 6.73. The van der Waals surface area contributed by atoms with Crippen molar-refractivity contribution in [2.45, 2.75) is 38.7 Å². The van der Waals surface area contributed by atoms with E-state index < -0.39 is 0 Å². The third-order valence-corrected chi connectivity index (χ3v) is 4.11. The van der Waals surface area contributed by atoms with Crippen molar-refractivity contribution >= 4 is 11.9 Å². The number of hydrogen-bond donors (Lipinski definition) is 0. The minimum Gasteiger partial charge on any atom is -0.469 e. The third-order valence-electron chi connectivity index (χ3n) is 4.11. The first-order valence-electron chi connectivity index (χ1n) is 7.25. The Morgan fingerprint density at radius 2 is 1.85 bits per heavy atom. The van der Waals surface area contributed by atoms with Crippen molar-refractivity contribution in [2.75, 3.05) is 7.11 Å². The molecule has 0 saturated carbocycles. The molecule has 4 unspecified atom stereocenters. The van der Waals surface area contributed by atoms with Gasteiger partial charge in [0.2, 0.25) is 0 Å². The monoisotopic (exact) mass is 278 g/mol. The fraction of sp³-hybridized carbons (Fsp3) is 0.625. The highest BCUT2D eigenvalue weighted by Crippen LogP contribution is 2.27. The van der Waals surface area contributed by atoms with Gasteiger partial charge in [0, 0.05) is 0 Å². The summed E-state index contributed by atoms with van der Waals surface area (Å²) < 4.78 is 10.3. The van der Waals surface area contributed by atoms with Crippen LogP contribution in [0.3, 0.4) is 0 Å². The molecule has 2 rings (SSSR count). The van der Waals surface area contributed by atoms with E-state index in [1.807, 2.05) is 13.0 Å². The maximum Gasteiger partial charge on any atom is 0.312 e. The van der Waals surface area contributed by atoms with E-state index in [0.29, 0.717) is 12.8 Å². The molecule has 0 aromatic rings. The van der Waals surface area contributed by atoms with E-state index in [2.05, 4.69) is 12.2 Å². The Morgan fingerprint density at radius 1 is 1.05 bits per heavy atom. The van der Waals surface area contributed by atoms with Gasteiger partial charge in [-0.15, -0.1) is 0 Å². The van der Waals surface area contributed by atoms with Gasteiger partial charge in [-0.25, -0.2) is 0 Å². The molecular formula is C16H22O4. The smallest absolute Gasteiger partial charge is 0.312 e. The van der Waals surface area contributed by atoms with Crippen LogP contribution in [0.4, 0.5) is 0 Å². The Labute approximate surface area is 119 Å². The van der Waals surface area contributed by atoms with Crippen LogP contribution < -0.4 is 0 Å². The highest BCUT2D eigenvalue weighted by atomic mass is 16.5. The average Bonchev–Trinajstić information content (AvgIpc) is 2.47. The molecule has 4 atom stereocenters. The summed E-state index contributed by atoms with van der Waals surface area (Å²) in [6.45, 7) is 2.05. The lowest BCUT2D eigenvalue weighted by Crippen LogP contribution is -2.30. The van der Waals surface area contributed by atoms with E-state index in [1.165, 1.54) is 7.11 Å². The Hall–Kier alpha value is -1.58. The minimum absolute atomic E-state index is 0.0354. The van der Waals surface area contributed by atoms with E-state index in [-0.39, 0.29) is 35.8 Å². The van der Waals surface area contributed by atoms with Crippen molar-refractivity contribution in [1.82, 2.24) is 0 Å². The van der Waals surface area contributed by atoms with Gasteiger partial charge < -0.3 is 9.47 Å². The fourth-order valence-electron chi connectivity index (χ4n) is 2.79. The van der Waals surface area contributed by atoms with Crippen molar-refractivity contribution in [3.05, 3.63) is 24.3 Å². The first-order valence-corrected chi connectivity index (χ1v) is 7.25. The van der Waals surface area contributed by atoms with Crippen molar-refractivity contribution in [3.63, 3.8) is 0 Å². The Kier molecular flexibility index (Phi) is 4.99. The van der Waals surface area contributed by atoms with Gasteiger partial charge in [-0.1, -0.05) is 25.2 Å². The molecule has 2 aliphatic carbocycles. The number of methoxy groups -OCH3 is 1. The van der Waals surface area contributed by atoms with Crippen LogP contribution in [-0.2, 0) is 19.1 Å². The Bertz CT molecular complexity index is 424. The van der Waals surface area contributed by atoms with Gasteiger partial charge in [0.25, 0.3) is 0 Å². The zero-order valence-corrected chi connectivity index (χ0v) is 12.1. The summed E-state index contributed by atoms with van der Waals surface area (Å²) in [5.74, 6) is -0.338. The number of rotatable bonds is 3. The standard InChI is InChI=1S/C16H22O4/c1-11-5-3-4-6-14(11)16(18)20-13-9-7-12(8-10-13)15(17)19-2/h3,5,7,9,11-14H,4,6,8,10H2,1-2H3. The largest absolute Gasteiger partial charge is 0.469 e. The number of hydrogen-bond acceptors (Lipinski definition) is 4. The topological polar surface area (TPSA) is 52.6 Å². The maximum absolute atomic E-state index is 12.2. The molecular weight excluding hydrogens is 256 g/mol. The maximum atomic E-state index is 12.2. The lowest BCUT2D eigenvalue weighted by Gasteiger charge is -2.27. The van der Waals surface area contributed by atoms with E-state index >= 15 is 0 Å². The molecule has 4 nitrogen and oxygen atoms in total. The summed E-state index contributed by atoms with van der Waals surface area (Å²) in [5.41, 5.74) is 0. The minimum atomic E-state index is -0.225. The molecule has 0 radical (unpaired) electrons. The first kappa shape index (κ1) is 14.8. The molecule has 2 aliphatic rings. The van der Waals surface area contributed by atoms with Crippen LogP contribution in [0.5, 0.6) is 0 Å². The van der Waals surface area contributed by atoms with Crippen LogP contribution in [-0.4, -0.2) is 25.2 Å². The van der Waals surface area contributed by atoms with Gasteiger partial charge in [-0.2, -0.15) is 0 Å². The second-order valence-electron chi connectivity index (χ2n) is 5.54. The molecule has 0 bridgehead atoms. The summed E-state index contributed by atoms with van der Waals surface area (Å²) in [6.07, 6.45) is 10.7. The zero-order chi connectivity index (χ0) is 14.5. The molecule has 0 heterocycles. The molecule has 20 heavy (non-hydrogen) atoms. The molecule has 0 spiro atoms. The molecule has 0 aliphatic heterocycles. The number of esters is 2. The Morgan fingerprint density at radius 3 is 2.45 bits per heavy atom. The van der Waals surface area contributed by atoms with Crippen LogP contribution in [0.15, 0.2) is 24.3 Å². The average molecular weight is 278 g/mol. The van der Waals surface area contributed by atoms with Gasteiger partial charge in [-0.3, -0.25) is 9.59 Å². The summed E-state index contributed by atoms with van der Waals surface area (Å²) in [4.78, 5) is 23.6. The predicted octanol–water partition coefficient (Wildman–Crippen LogP) is 2.64. The van der Waals surface area contributed by atoms with Crippen LogP contribution in [0.25, 0.3) is 0 Å². The molecule has 0 N–H and O–H groups in total. The van der Waals surface area contributed by atoms with Crippen molar-refractivity contribution in [3.8, 4) is 0 Å². The highest BCUT2D eigenvalue weighted by molar-refractivity contribution is 5.75.